The van der Waals surface area contributed by atoms with Crippen molar-refractivity contribution in [3.8, 4) is 72.4 Å². The maximum atomic E-state index is 2.46. The third kappa shape index (κ3) is 6.01. The Morgan fingerprint density at radius 3 is 1.44 bits per heavy atom. The summed E-state index contributed by atoms with van der Waals surface area (Å²) >= 11 is 0. The molecule has 1 aliphatic rings. The van der Waals surface area contributed by atoms with Crippen LogP contribution in [-0.4, -0.2) is 4.57 Å². The van der Waals surface area contributed by atoms with Crippen LogP contribution in [0.3, 0.4) is 0 Å². The van der Waals surface area contributed by atoms with E-state index in [0.717, 1.165) is 0 Å². The van der Waals surface area contributed by atoms with Gasteiger partial charge < -0.3 is 4.57 Å². The van der Waals surface area contributed by atoms with Crippen LogP contribution in [0.25, 0.3) is 94.3 Å². The molecule has 0 N–H and O–H groups in total. The molecule has 62 heavy (non-hydrogen) atoms. The van der Waals surface area contributed by atoms with Gasteiger partial charge >= 0.3 is 0 Å². The summed E-state index contributed by atoms with van der Waals surface area (Å²) in [4.78, 5) is 0. The molecule has 1 aliphatic carbocycles. The van der Waals surface area contributed by atoms with Gasteiger partial charge in [0, 0.05) is 22.4 Å². The molecule has 0 spiro atoms. The number of hydrogen-bond acceptors (Lipinski definition) is 0. The van der Waals surface area contributed by atoms with Crippen molar-refractivity contribution in [3.63, 3.8) is 0 Å². The molecule has 290 valence electrons. The van der Waals surface area contributed by atoms with Gasteiger partial charge in [-0.2, -0.15) is 0 Å². The van der Waals surface area contributed by atoms with Crippen LogP contribution in [0.2, 0.25) is 0 Å². The molecule has 10 aromatic carbocycles. The number of hydrogen-bond donors (Lipinski definition) is 0. The first-order chi connectivity index (χ1) is 30.8. The Kier molecular flexibility index (Phi) is 8.64. The Balaban J connectivity index is 1.01. The quantitative estimate of drug-likeness (QED) is 0.152. The van der Waals surface area contributed by atoms with Gasteiger partial charge in [0.05, 0.1) is 11.0 Å². The van der Waals surface area contributed by atoms with Crippen molar-refractivity contribution in [3.05, 3.63) is 259 Å². The second-order valence-corrected chi connectivity index (χ2v) is 16.4. The monoisotopic (exact) mass is 787 g/mol. The van der Waals surface area contributed by atoms with E-state index >= 15 is 0 Å². The number of aromatic nitrogens is 1. The van der Waals surface area contributed by atoms with E-state index < -0.39 is 0 Å². The van der Waals surface area contributed by atoms with Crippen molar-refractivity contribution in [1.82, 2.24) is 4.57 Å². The summed E-state index contributed by atoms with van der Waals surface area (Å²) in [6.07, 6.45) is 0. The molecule has 1 nitrogen and oxygen atoms in total. The molecule has 1 heteroatoms. The van der Waals surface area contributed by atoms with Crippen LogP contribution in [-0.2, 0) is 0 Å². The molecule has 1 unspecified atom stereocenters. The van der Waals surface area contributed by atoms with Gasteiger partial charge in [-0.1, -0.05) is 200 Å². The average Bonchev–Trinajstić information content (AvgIpc) is 3.87. The van der Waals surface area contributed by atoms with Gasteiger partial charge in [-0.15, -0.1) is 0 Å². The first kappa shape index (κ1) is 35.9. The highest BCUT2D eigenvalue weighted by Gasteiger charge is 2.30. The molecule has 0 radical (unpaired) electrons. The molecule has 1 aromatic heterocycles. The molecule has 0 aliphatic heterocycles. The van der Waals surface area contributed by atoms with Gasteiger partial charge in [0.15, 0.2) is 0 Å². The molecule has 0 bridgehead atoms. The molecule has 11 aromatic rings. The van der Waals surface area contributed by atoms with Gasteiger partial charge in [0.2, 0.25) is 0 Å². The summed E-state index contributed by atoms with van der Waals surface area (Å²) in [6, 6.07) is 89.2. The average molecular weight is 788 g/mol. The lowest BCUT2D eigenvalue weighted by atomic mass is 9.83. The van der Waals surface area contributed by atoms with Crippen LogP contribution in [0.15, 0.2) is 243 Å². The molecule has 0 fully saturated rings. The van der Waals surface area contributed by atoms with Gasteiger partial charge in [-0.3, -0.25) is 0 Å². The van der Waals surface area contributed by atoms with E-state index in [1.165, 1.54) is 111 Å². The van der Waals surface area contributed by atoms with Gasteiger partial charge in [0.1, 0.15) is 0 Å². The zero-order chi connectivity index (χ0) is 41.0. The molecular weight excluding hydrogens is 747 g/mol. The fourth-order valence-corrected chi connectivity index (χ4v) is 10.0. The number of para-hydroxylation sites is 2. The SMILES string of the molecule is c1ccc(-c2cc(-c3ccc4c(c3)C(c3ccccc3)c3ccccc3-4)c(-c3ccccc3)cc2-c2ccc(-c3ccc4c5ccccc5n(-c5ccccc5)c4c3)cc2)cc1. The second-order valence-electron chi connectivity index (χ2n) is 16.4. The normalized spacial score (nSPS) is 13.0. The van der Waals surface area contributed by atoms with Crippen LogP contribution in [0, 0.1) is 0 Å². The smallest absolute Gasteiger partial charge is 0.0547 e. The van der Waals surface area contributed by atoms with Crippen molar-refractivity contribution in [2.45, 2.75) is 5.92 Å². The fourth-order valence-electron chi connectivity index (χ4n) is 10.0. The Bertz CT molecular complexity index is 3420. The molecule has 0 saturated carbocycles. The number of rotatable bonds is 7. The number of benzene rings is 10. The fraction of sp³-hybridized carbons (Fsp3) is 0.0164. The second kappa shape index (κ2) is 14.9. The Labute approximate surface area is 362 Å². The standard InChI is InChI=1S/C61H41N/c1-5-17-42(18-6-1)54-40-57(47-34-35-50-49-25-13-14-27-53(49)61(58(50)37-47)45-21-9-3-10-22-45)55(43-19-7-2-8-20-43)39-56(54)44-31-29-41(30-32-44)46-33-36-52-51-26-15-16-28-59(51)62(60(52)38-46)48-23-11-4-12-24-48/h1-40,61H. The zero-order valence-electron chi connectivity index (χ0n) is 34.1. The third-order valence-electron chi connectivity index (χ3n) is 12.9. The van der Waals surface area contributed by atoms with Crippen LogP contribution in [0.5, 0.6) is 0 Å². The number of nitrogens with zero attached hydrogens (tertiary/aromatic N) is 1. The predicted octanol–water partition coefficient (Wildman–Crippen LogP) is 16.3. The van der Waals surface area contributed by atoms with E-state index in [-0.39, 0.29) is 5.92 Å². The van der Waals surface area contributed by atoms with Crippen molar-refractivity contribution in [2.24, 2.45) is 0 Å². The summed E-state index contributed by atoms with van der Waals surface area (Å²) in [7, 11) is 0. The summed E-state index contributed by atoms with van der Waals surface area (Å²) in [5.74, 6) is 0.177. The van der Waals surface area contributed by atoms with E-state index in [1.54, 1.807) is 0 Å². The minimum absolute atomic E-state index is 0.177. The molecule has 12 rings (SSSR count). The summed E-state index contributed by atoms with van der Waals surface area (Å²) in [5, 5.41) is 2.52. The lowest BCUT2D eigenvalue weighted by Crippen LogP contribution is -1.99. The number of fused-ring (bicyclic) bond motifs is 6. The van der Waals surface area contributed by atoms with E-state index in [2.05, 4.69) is 247 Å². The van der Waals surface area contributed by atoms with E-state index in [0.29, 0.717) is 0 Å². The first-order valence-corrected chi connectivity index (χ1v) is 21.5. The van der Waals surface area contributed by atoms with Crippen molar-refractivity contribution < 1.29 is 0 Å². The highest BCUT2D eigenvalue weighted by Crippen LogP contribution is 2.50. The Morgan fingerprint density at radius 1 is 0.258 bits per heavy atom. The molecular formula is C61H41N. The van der Waals surface area contributed by atoms with Crippen LogP contribution >= 0.6 is 0 Å². The van der Waals surface area contributed by atoms with Crippen molar-refractivity contribution in [1.29, 1.82) is 0 Å². The van der Waals surface area contributed by atoms with E-state index in [1.807, 2.05) is 0 Å². The molecule has 0 amide bonds. The molecule has 0 saturated heterocycles. The molecule has 1 heterocycles. The largest absolute Gasteiger partial charge is 0.309 e. The third-order valence-corrected chi connectivity index (χ3v) is 12.9. The van der Waals surface area contributed by atoms with Gasteiger partial charge in [0.25, 0.3) is 0 Å². The highest BCUT2D eigenvalue weighted by molar-refractivity contribution is 6.10. The van der Waals surface area contributed by atoms with Gasteiger partial charge in [-0.25, -0.2) is 0 Å². The Hall–Kier alpha value is -8.00. The van der Waals surface area contributed by atoms with E-state index in [9.17, 15) is 0 Å². The first-order valence-electron chi connectivity index (χ1n) is 21.5. The topological polar surface area (TPSA) is 4.93 Å². The maximum Gasteiger partial charge on any atom is 0.0547 e. The zero-order valence-corrected chi connectivity index (χ0v) is 34.1. The van der Waals surface area contributed by atoms with Crippen LogP contribution in [0.4, 0.5) is 0 Å². The summed E-state index contributed by atoms with van der Waals surface area (Å²) in [6.45, 7) is 0. The lowest BCUT2D eigenvalue weighted by Gasteiger charge is -2.20. The molecule has 1 atom stereocenters. The predicted molar refractivity (Wildman–Crippen MR) is 261 cm³/mol. The highest BCUT2D eigenvalue weighted by atomic mass is 15.0. The minimum atomic E-state index is 0.177. The van der Waals surface area contributed by atoms with Gasteiger partial charge in [-0.05, 0) is 126 Å². The summed E-state index contributed by atoms with van der Waals surface area (Å²) < 4.78 is 2.39. The lowest BCUT2D eigenvalue weighted by molar-refractivity contribution is 1.02. The van der Waals surface area contributed by atoms with Crippen LogP contribution < -0.4 is 0 Å². The van der Waals surface area contributed by atoms with E-state index in [4.69, 9.17) is 0 Å². The Morgan fingerprint density at radius 2 is 0.742 bits per heavy atom. The minimum Gasteiger partial charge on any atom is -0.309 e. The van der Waals surface area contributed by atoms with Crippen LogP contribution in [0.1, 0.15) is 22.6 Å². The maximum absolute atomic E-state index is 2.46. The summed E-state index contributed by atoms with van der Waals surface area (Å²) in [5.41, 5.74) is 22.3. The van der Waals surface area contributed by atoms with Crippen molar-refractivity contribution in [2.75, 3.05) is 0 Å². The van der Waals surface area contributed by atoms with Crippen molar-refractivity contribution >= 4 is 21.8 Å².